The monoisotopic (exact) mass is 498 g/mol. The maximum absolute atomic E-state index is 12.0. The zero-order valence-electron chi connectivity index (χ0n) is 23.1. The van der Waals surface area contributed by atoms with Gasteiger partial charge in [-0.15, -0.1) is 0 Å². The molecule has 2 aromatic carbocycles. The van der Waals surface area contributed by atoms with Gasteiger partial charge in [-0.25, -0.2) is 0 Å². The number of nitrogens with two attached hydrogens (primary N) is 1. The van der Waals surface area contributed by atoms with Crippen molar-refractivity contribution in [3.8, 4) is 11.5 Å². The molecule has 7 heteroatoms. The zero-order chi connectivity index (χ0) is 26.5. The number of benzene rings is 2. The van der Waals surface area contributed by atoms with Gasteiger partial charge in [-0.1, -0.05) is 39.0 Å². The second-order valence-electron chi connectivity index (χ2n) is 8.86. The van der Waals surface area contributed by atoms with Crippen molar-refractivity contribution in [2.75, 3.05) is 65.4 Å². The first-order chi connectivity index (χ1) is 17.6. The van der Waals surface area contributed by atoms with E-state index in [0.717, 1.165) is 74.2 Å². The molecule has 1 aliphatic heterocycles. The molecule has 0 saturated carbocycles. The van der Waals surface area contributed by atoms with Gasteiger partial charge in [-0.3, -0.25) is 9.69 Å². The first-order valence-corrected chi connectivity index (χ1v) is 13.2. The molecule has 200 valence electrons. The average molecular weight is 499 g/mol. The topological polar surface area (TPSA) is 71.3 Å². The Labute approximate surface area is 218 Å². The minimum absolute atomic E-state index is 0.132. The Morgan fingerprint density at radius 2 is 1.75 bits per heavy atom. The summed E-state index contributed by atoms with van der Waals surface area (Å²) in [6.07, 6.45) is 2.81. The molecule has 2 N–H and O–H groups in total. The third-order valence-corrected chi connectivity index (χ3v) is 6.89. The Bertz CT molecular complexity index is 929. The maximum atomic E-state index is 12.0. The number of likely N-dealkylation sites (N-methyl/N-ethyl adjacent to an activating group) is 1. The molecule has 0 unspecified atom stereocenters. The summed E-state index contributed by atoms with van der Waals surface area (Å²) in [6.45, 7) is 12.6. The molecule has 0 bridgehead atoms. The van der Waals surface area contributed by atoms with Crippen molar-refractivity contribution < 1.29 is 14.3 Å². The maximum Gasteiger partial charge on any atom is 0.161 e. The van der Waals surface area contributed by atoms with Gasteiger partial charge in [0.15, 0.2) is 11.5 Å². The largest absolute Gasteiger partial charge is 0.493 e. The fourth-order valence-corrected chi connectivity index (χ4v) is 4.85. The van der Waals surface area contributed by atoms with Gasteiger partial charge in [0.25, 0.3) is 0 Å². The van der Waals surface area contributed by atoms with Crippen molar-refractivity contribution in [1.82, 2.24) is 9.80 Å². The Morgan fingerprint density at radius 3 is 2.33 bits per heavy atom. The highest BCUT2D eigenvalue weighted by Crippen LogP contribution is 2.35. The number of hydrogen-bond acceptors (Lipinski definition) is 7. The van der Waals surface area contributed by atoms with E-state index in [4.69, 9.17) is 15.2 Å². The number of aldehydes is 1. The molecule has 0 aromatic heterocycles. The molecule has 2 aromatic rings. The lowest BCUT2D eigenvalue weighted by molar-refractivity contribution is 0.112. The molecule has 3 rings (SSSR count). The van der Waals surface area contributed by atoms with Crippen LogP contribution in [0.3, 0.4) is 0 Å². The predicted molar refractivity (Wildman–Crippen MR) is 150 cm³/mol. The van der Waals surface area contributed by atoms with Crippen LogP contribution in [-0.2, 0) is 6.54 Å². The molecule has 0 radical (unpaired) electrons. The van der Waals surface area contributed by atoms with E-state index in [9.17, 15) is 4.79 Å². The van der Waals surface area contributed by atoms with Crippen molar-refractivity contribution >= 4 is 12.0 Å². The summed E-state index contributed by atoms with van der Waals surface area (Å²) < 4.78 is 11.0. The van der Waals surface area contributed by atoms with Crippen molar-refractivity contribution in [2.24, 2.45) is 5.73 Å². The van der Waals surface area contributed by atoms with Gasteiger partial charge in [0, 0.05) is 50.0 Å². The lowest BCUT2D eigenvalue weighted by atomic mass is 9.97. The molecule has 0 amide bonds. The lowest BCUT2D eigenvalue weighted by Crippen LogP contribution is -2.46. The summed E-state index contributed by atoms with van der Waals surface area (Å²) in [5.41, 5.74) is 10.0. The van der Waals surface area contributed by atoms with Crippen LogP contribution in [-0.4, -0.2) is 76.6 Å². The average Bonchev–Trinajstić information content (AvgIpc) is 2.94. The van der Waals surface area contributed by atoms with Crippen molar-refractivity contribution in [2.45, 2.75) is 46.2 Å². The molecule has 1 saturated heterocycles. The summed E-state index contributed by atoms with van der Waals surface area (Å²) in [7, 11) is 5.43. The van der Waals surface area contributed by atoms with Crippen molar-refractivity contribution in [3.05, 3.63) is 53.1 Å². The fraction of sp³-hybridized carbons (Fsp3) is 0.552. The van der Waals surface area contributed by atoms with Crippen LogP contribution in [0.15, 0.2) is 36.4 Å². The second kappa shape index (κ2) is 15.5. The van der Waals surface area contributed by atoms with Crippen LogP contribution in [0.25, 0.3) is 0 Å². The predicted octanol–water partition coefficient (Wildman–Crippen LogP) is 4.60. The molecule has 36 heavy (non-hydrogen) atoms. The Kier molecular flexibility index (Phi) is 12.7. The lowest BCUT2D eigenvalue weighted by Gasteiger charge is -2.37. The molecule has 0 aliphatic carbocycles. The van der Waals surface area contributed by atoms with Crippen LogP contribution in [0.5, 0.6) is 11.5 Å². The Morgan fingerprint density at radius 1 is 1.06 bits per heavy atom. The molecule has 0 spiro atoms. The van der Waals surface area contributed by atoms with Crippen LogP contribution in [0.4, 0.5) is 5.69 Å². The van der Waals surface area contributed by atoms with E-state index < -0.39 is 0 Å². The van der Waals surface area contributed by atoms with Gasteiger partial charge in [-0.2, -0.15) is 0 Å². The minimum atomic E-state index is 0.132. The number of ether oxygens (including phenoxy) is 2. The molecule has 1 heterocycles. The second-order valence-corrected chi connectivity index (χ2v) is 8.86. The third-order valence-electron chi connectivity index (χ3n) is 6.89. The first-order valence-electron chi connectivity index (χ1n) is 13.2. The van der Waals surface area contributed by atoms with Crippen molar-refractivity contribution in [1.29, 1.82) is 0 Å². The van der Waals surface area contributed by atoms with E-state index in [2.05, 4.69) is 40.8 Å². The number of carbonyl (C=O) groups excluding carboxylic acids is 1. The number of nitrogens with zero attached hydrogens (tertiary/aromatic N) is 3. The number of methoxy groups -OCH3 is 2. The molecule has 1 aliphatic rings. The summed E-state index contributed by atoms with van der Waals surface area (Å²) in [4.78, 5) is 19.2. The minimum Gasteiger partial charge on any atom is -0.493 e. The first kappa shape index (κ1) is 29.6. The van der Waals surface area contributed by atoms with Gasteiger partial charge in [0.1, 0.15) is 6.29 Å². The zero-order valence-corrected chi connectivity index (χ0v) is 23.1. The fourth-order valence-electron chi connectivity index (χ4n) is 4.85. The molecular formula is C29H46N4O3. The van der Waals surface area contributed by atoms with Crippen LogP contribution >= 0.6 is 0 Å². The summed E-state index contributed by atoms with van der Waals surface area (Å²) in [5.74, 6) is 1.43. The highest BCUT2D eigenvalue weighted by molar-refractivity contribution is 5.81. The van der Waals surface area contributed by atoms with Crippen LogP contribution in [0.2, 0.25) is 0 Å². The van der Waals surface area contributed by atoms with Crippen LogP contribution < -0.4 is 20.1 Å². The van der Waals surface area contributed by atoms with E-state index >= 15 is 0 Å². The summed E-state index contributed by atoms with van der Waals surface area (Å²) in [6, 6.07) is 12.3. The van der Waals surface area contributed by atoms with Gasteiger partial charge < -0.3 is 25.0 Å². The summed E-state index contributed by atoms with van der Waals surface area (Å²) >= 11 is 0. The number of anilines is 1. The Hall–Kier alpha value is -2.61. The number of hydrogen-bond donors (Lipinski definition) is 1. The van der Waals surface area contributed by atoms with E-state index in [1.807, 2.05) is 38.1 Å². The molecule has 1 fully saturated rings. The van der Waals surface area contributed by atoms with E-state index in [1.54, 1.807) is 14.2 Å². The van der Waals surface area contributed by atoms with Crippen molar-refractivity contribution in [3.63, 3.8) is 0 Å². The van der Waals surface area contributed by atoms with E-state index in [-0.39, 0.29) is 6.04 Å². The van der Waals surface area contributed by atoms with Gasteiger partial charge in [0.05, 0.1) is 14.2 Å². The third kappa shape index (κ3) is 7.45. The van der Waals surface area contributed by atoms with E-state index in [1.165, 1.54) is 0 Å². The SMILES string of the molecule is CC.CCN1CCN(c2cccc(C=O)c2CN(C)[C@H](CCCN)c2ccc(OC)c(OC)c2)CC1. The molecule has 7 nitrogen and oxygen atoms in total. The van der Waals surface area contributed by atoms with Crippen LogP contribution in [0, 0.1) is 0 Å². The van der Waals surface area contributed by atoms with Gasteiger partial charge >= 0.3 is 0 Å². The molecular weight excluding hydrogens is 452 g/mol. The van der Waals surface area contributed by atoms with E-state index in [0.29, 0.717) is 24.6 Å². The normalized spacial score (nSPS) is 14.7. The smallest absolute Gasteiger partial charge is 0.161 e. The highest BCUT2D eigenvalue weighted by Gasteiger charge is 2.24. The highest BCUT2D eigenvalue weighted by atomic mass is 16.5. The standard InChI is InChI=1S/C27H40N4O3.C2H6/c1-5-30-14-16-31(17-15-30)25-9-6-8-22(20-32)23(25)19-29(2)24(10-7-13-28)21-11-12-26(33-3)27(18-21)34-4;1-2/h6,8-9,11-12,18,20,24H,5,7,10,13-17,19,28H2,1-4H3;1-2H3/t24-;/m1./s1. The van der Waals surface area contributed by atoms with Gasteiger partial charge in [0.2, 0.25) is 0 Å². The Balaban J connectivity index is 0.00000222. The number of piperazine rings is 1. The quantitative estimate of drug-likeness (QED) is 0.429. The van der Waals surface area contributed by atoms with Gasteiger partial charge in [-0.05, 0) is 62.3 Å². The summed E-state index contributed by atoms with van der Waals surface area (Å²) in [5, 5.41) is 0. The molecule has 1 atom stereocenters. The van der Waals surface area contributed by atoms with Crippen LogP contribution in [0.1, 0.15) is 61.1 Å². The number of rotatable bonds is 12. The number of carbonyl (C=O) groups is 1.